The molecule has 2 heterocycles. The van der Waals surface area contributed by atoms with Gasteiger partial charge in [-0.25, -0.2) is 9.78 Å². The number of urea groups is 1. The van der Waals surface area contributed by atoms with E-state index < -0.39 is 0 Å². The summed E-state index contributed by atoms with van der Waals surface area (Å²) in [7, 11) is 3.24. The fraction of sp³-hybridized carbons (Fsp3) is 0.231. The van der Waals surface area contributed by atoms with E-state index in [9.17, 15) is 4.79 Å². The number of nitrogens with one attached hydrogen (secondary N) is 1. The Balaban J connectivity index is 1.40. The number of oxazole rings is 1. The Morgan fingerprint density at radius 3 is 2.73 bits per heavy atom. The van der Waals surface area contributed by atoms with E-state index in [0.29, 0.717) is 29.5 Å². The van der Waals surface area contributed by atoms with Crippen LogP contribution < -0.4 is 14.8 Å². The summed E-state index contributed by atoms with van der Waals surface area (Å²) in [5.74, 6) is 1.98. The van der Waals surface area contributed by atoms with Crippen LogP contribution in [0.1, 0.15) is 24.8 Å². The molecule has 1 aliphatic rings. The fourth-order valence-electron chi connectivity index (χ4n) is 4.27. The molecule has 7 nitrogen and oxygen atoms in total. The number of nitrogens with zero attached hydrogens (tertiary/aromatic N) is 2. The number of para-hydroxylation sites is 2. The number of hydrogen-bond donors (Lipinski definition) is 1. The zero-order valence-electron chi connectivity index (χ0n) is 18.6. The van der Waals surface area contributed by atoms with Gasteiger partial charge in [0.1, 0.15) is 23.1 Å². The maximum absolute atomic E-state index is 13.1. The SMILES string of the molecule is COc1cccc(-c2ccc3oc(C4CCCN4C(=O)Nc4ccccc4OC)nc3c2)c1. The summed E-state index contributed by atoms with van der Waals surface area (Å²) in [5.41, 5.74) is 4.17. The topological polar surface area (TPSA) is 76.8 Å². The molecule has 33 heavy (non-hydrogen) atoms. The largest absolute Gasteiger partial charge is 0.497 e. The number of carbonyl (C=O) groups excluding carboxylic acids is 1. The number of rotatable bonds is 5. The van der Waals surface area contributed by atoms with Gasteiger partial charge in [-0.2, -0.15) is 0 Å². The predicted molar refractivity (Wildman–Crippen MR) is 127 cm³/mol. The molecule has 0 radical (unpaired) electrons. The molecule has 5 rings (SSSR count). The lowest BCUT2D eigenvalue weighted by atomic mass is 10.1. The Kier molecular flexibility index (Phi) is 5.60. The molecule has 4 aromatic rings. The van der Waals surface area contributed by atoms with Crippen molar-refractivity contribution in [2.45, 2.75) is 18.9 Å². The first-order valence-electron chi connectivity index (χ1n) is 10.9. The number of fused-ring (bicyclic) bond motifs is 1. The molecule has 0 aliphatic carbocycles. The zero-order chi connectivity index (χ0) is 22.8. The quantitative estimate of drug-likeness (QED) is 0.417. The second-order valence-electron chi connectivity index (χ2n) is 7.95. The van der Waals surface area contributed by atoms with E-state index in [1.54, 1.807) is 19.1 Å². The average Bonchev–Trinajstić information content (AvgIpc) is 3.51. The molecular formula is C26H25N3O4. The predicted octanol–water partition coefficient (Wildman–Crippen LogP) is 5.88. The highest BCUT2D eigenvalue weighted by Crippen LogP contribution is 2.35. The van der Waals surface area contributed by atoms with Gasteiger partial charge in [0, 0.05) is 6.54 Å². The van der Waals surface area contributed by atoms with E-state index >= 15 is 0 Å². The summed E-state index contributed by atoms with van der Waals surface area (Å²) in [6, 6.07) is 20.8. The fourth-order valence-corrected chi connectivity index (χ4v) is 4.27. The summed E-state index contributed by atoms with van der Waals surface area (Å²) in [6.07, 6.45) is 1.69. The van der Waals surface area contributed by atoms with Crippen LogP contribution in [0, 0.1) is 0 Å². The van der Waals surface area contributed by atoms with E-state index in [1.807, 2.05) is 66.7 Å². The van der Waals surface area contributed by atoms with Crippen molar-refractivity contribution in [3.63, 3.8) is 0 Å². The first kappa shape index (κ1) is 20.9. The van der Waals surface area contributed by atoms with E-state index in [4.69, 9.17) is 18.9 Å². The third-order valence-electron chi connectivity index (χ3n) is 5.95. The Morgan fingerprint density at radius 2 is 1.88 bits per heavy atom. The molecule has 3 aromatic carbocycles. The molecule has 1 N–H and O–H groups in total. The van der Waals surface area contributed by atoms with Crippen LogP contribution in [0.25, 0.3) is 22.2 Å². The van der Waals surface area contributed by atoms with Crippen LogP contribution in [0.4, 0.5) is 10.5 Å². The first-order valence-corrected chi connectivity index (χ1v) is 10.9. The molecule has 0 saturated carbocycles. The lowest BCUT2D eigenvalue weighted by Gasteiger charge is -2.23. The summed E-state index contributed by atoms with van der Waals surface area (Å²) < 4.78 is 16.8. The van der Waals surface area contributed by atoms with Crippen LogP contribution in [0.15, 0.2) is 71.1 Å². The monoisotopic (exact) mass is 443 g/mol. The number of ether oxygens (including phenoxy) is 2. The van der Waals surface area contributed by atoms with Gasteiger partial charge in [-0.1, -0.05) is 30.3 Å². The van der Waals surface area contributed by atoms with Gasteiger partial charge in [-0.05, 0) is 60.4 Å². The van der Waals surface area contributed by atoms with Gasteiger partial charge < -0.3 is 24.1 Å². The van der Waals surface area contributed by atoms with Gasteiger partial charge in [0.05, 0.1) is 19.9 Å². The molecule has 1 saturated heterocycles. The van der Waals surface area contributed by atoms with Crippen LogP contribution in [0.3, 0.4) is 0 Å². The van der Waals surface area contributed by atoms with Crippen LogP contribution in [-0.2, 0) is 0 Å². The zero-order valence-corrected chi connectivity index (χ0v) is 18.6. The summed E-state index contributed by atoms with van der Waals surface area (Å²) >= 11 is 0. The number of carbonyl (C=O) groups is 1. The Bertz CT molecular complexity index is 1300. The van der Waals surface area contributed by atoms with Gasteiger partial charge >= 0.3 is 6.03 Å². The number of benzene rings is 3. The minimum absolute atomic E-state index is 0.193. The van der Waals surface area contributed by atoms with Gasteiger partial charge in [0.25, 0.3) is 0 Å². The molecule has 0 spiro atoms. The normalized spacial score (nSPS) is 15.6. The van der Waals surface area contributed by atoms with Gasteiger partial charge in [-0.15, -0.1) is 0 Å². The molecule has 168 valence electrons. The number of amides is 2. The van der Waals surface area contributed by atoms with Crippen molar-refractivity contribution in [2.75, 3.05) is 26.1 Å². The number of aromatic nitrogens is 1. The maximum Gasteiger partial charge on any atom is 0.322 e. The van der Waals surface area contributed by atoms with Gasteiger partial charge in [-0.3, -0.25) is 0 Å². The third-order valence-corrected chi connectivity index (χ3v) is 5.95. The van der Waals surface area contributed by atoms with Crippen molar-refractivity contribution in [1.29, 1.82) is 0 Å². The van der Waals surface area contributed by atoms with Crippen molar-refractivity contribution in [1.82, 2.24) is 9.88 Å². The van der Waals surface area contributed by atoms with Crippen LogP contribution in [-0.4, -0.2) is 36.7 Å². The van der Waals surface area contributed by atoms with Gasteiger partial charge in [0.2, 0.25) is 5.89 Å². The molecule has 1 atom stereocenters. The second-order valence-corrected chi connectivity index (χ2v) is 7.95. The third kappa shape index (κ3) is 4.09. The smallest absolute Gasteiger partial charge is 0.322 e. The first-order chi connectivity index (χ1) is 16.2. The van der Waals surface area contributed by atoms with Gasteiger partial charge in [0.15, 0.2) is 5.58 Å². The lowest BCUT2D eigenvalue weighted by molar-refractivity contribution is 0.198. The summed E-state index contributed by atoms with van der Waals surface area (Å²) in [5, 5.41) is 2.96. The maximum atomic E-state index is 13.1. The molecule has 1 unspecified atom stereocenters. The van der Waals surface area contributed by atoms with Crippen molar-refractivity contribution < 1.29 is 18.7 Å². The van der Waals surface area contributed by atoms with Crippen molar-refractivity contribution in [3.05, 3.63) is 72.6 Å². The Hall–Kier alpha value is -4.00. The molecule has 1 aromatic heterocycles. The average molecular weight is 444 g/mol. The van der Waals surface area contributed by atoms with Crippen molar-refractivity contribution in [3.8, 4) is 22.6 Å². The molecule has 7 heteroatoms. The highest BCUT2D eigenvalue weighted by molar-refractivity contribution is 5.91. The van der Waals surface area contributed by atoms with E-state index in [0.717, 1.165) is 35.2 Å². The van der Waals surface area contributed by atoms with Crippen LogP contribution >= 0.6 is 0 Å². The minimum atomic E-state index is -0.215. The molecule has 2 amide bonds. The van der Waals surface area contributed by atoms with E-state index in [-0.39, 0.29) is 12.1 Å². The Morgan fingerprint density at radius 1 is 1.03 bits per heavy atom. The molecule has 1 fully saturated rings. The summed E-state index contributed by atoms with van der Waals surface area (Å²) in [6.45, 7) is 0.638. The number of methoxy groups -OCH3 is 2. The number of likely N-dealkylation sites (tertiary alicyclic amines) is 1. The van der Waals surface area contributed by atoms with Crippen LogP contribution in [0.2, 0.25) is 0 Å². The summed E-state index contributed by atoms with van der Waals surface area (Å²) in [4.78, 5) is 19.6. The lowest BCUT2D eigenvalue weighted by Crippen LogP contribution is -2.34. The standard InChI is InChI=1S/C26H25N3O4/c1-31-19-8-5-7-17(15-19)18-12-13-24-21(16-18)27-25(33-24)22-10-6-14-29(22)26(30)28-20-9-3-4-11-23(20)32-2/h3-5,7-9,11-13,15-16,22H,6,10,14H2,1-2H3,(H,28,30). The highest BCUT2D eigenvalue weighted by atomic mass is 16.5. The molecule has 1 aliphatic heterocycles. The number of hydrogen-bond acceptors (Lipinski definition) is 5. The van der Waals surface area contributed by atoms with Crippen LogP contribution in [0.5, 0.6) is 11.5 Å². The Labute approximate surface area is 191 Å². The van der Waals surface area contributed by atoms with E-state index in [1.165, 1.54) is 0 Å². The minimum Gasteiger partial charge on any atom is -0.497 e. The van der Waals surface area contributed by atoms with Crippen molar-refractivity contribution >= 4 is 22.8 Å². The highest BCUT2D eigenvalue weighted by Gasteiger charge is 2.34. The van der Waals surface area contributed by atoms with E-state index in [2.05, 4.69) is 5.32 Å². The number of anilines is 1. The molecule has 0 bridgehead atoms. The van der Waals surface area contributed by atoms with Crippen molar-refractivity contribution in [2.24, 2.45) is 0 Å². The molecular weight excluding hydrogens is 418 g/mol. The second kappa shape index (κ2) is 8.86.